The number of alkyl halides is 3. The van der Waals surface area contributed by atoms with Crippen LogP contribution in [0.15, 0.2) is 24.3 Å². The molecule has 5 heteroatoms. The van der Waals surface area contributed by atoms with Crippen molar-refractivity contribution >= 4 is 5.97 Å². The highest BCUT2D eigenvalue weighted by molar-refractivity contribution is 5.87. The number of carboxylic acid groups (broad SMARTS) is 1. The monoisotopic (exact) mass is 220 g/mol. The molecule has 84 valence electrons. The summed E-state index contributed by atoms with van der Waals surface area (Å²) in [6.45, 7) is 4.00. The summed E-state index contributed by atoms with van der Waals surface area (Å²) in [5.41, 5.74) is -1.01. The summed E-state index contributed by atoms with van der Waals surface area (Å²) >= 11 is 0. The van der Waals surface area contributed by atoms with E-state index in [0.717, 1.165) is 24.3 Å². The molecular formula is C10H11F3O2. The second kappa shape index (κ2) is 5.38. The van der Waals surface area contributed by atoms with E-state index in [1.165, 1.54) is 0 Å². The Bertz CT molecular complexity index is 314. The fraction of sp³-hybridized carbons (Fsp3) is 0.300. The first-order valence-corrected chi connectivity index (χ1v) is 4.32. The van der Waals surface area contributed by atoms with Gasteiger partial charge in [0.1, 0.15) is 0 Å². The van der Waals surface area contributed by atoms with Crippen LogP contribution in [0.4, 0.5) is 13.2 Å². The Morgan fingerprint density at radius 1 is 1.13 bits per heavy atom. The van der Waals surface area contributed by atoms with Crippen molar-refractivity contribution in [3.8, 4) is 0 Å². The zero-order valence-corrected chi connectivity index (χ0v) is 8.30. The minimum atomic E-state index is -4.42. The normalized spacial score (nSPS) is 10.2. The standard InChI is InChI=1S/C8H5F3O2.C2H6/c9-8(10,11)6-3-1-5(2-4-6)7(12)13;1-2/h1-4H,(H,12,13);1-2H3. The van der Waals surface area contributed by atoms with Crippen molar-refractivity contribution in [2.45, 2.75) is 20.0 Å². The summed E-state index contributed by atoms with van der Waals surface area (Å²) in [5.74, 6) is -1.24. The quantitative estimate of drug-likeness (QED) is 0.787. The van der Waals surface area contributed by atoms with Crippen molar-refractivity contribution in [3.05, 3.63) is 35.4 Å². The molecule has 0 radical (unpaired) electrons. The molecule has 2 nitrogen and oxygen atoms in total. The van der Waals surface area contributed by atoms with E-state index in [4.69, 9.17) is 5.11 Å². The van der Waals surface area contributed by atoms with Gasteiger partial charge in [0, 0.05) is 0 Å². The average molecular weight is 220 g/mol. The number of benzene rings is 1. The van der Waals surface area contributed by atoms with Crippen LogP contribution in [0.25, 0.3) is 0 Å². The van der Waals surface area contributed by atoms with Crippen molar-refractivity contribution in [1.29, 1.82) is 0 Å². The highest BCUT2D eigenvalue weighted by atomic mass is 19.4. The fourth-order valence-electron chi connectivity index (χ4n) is 0.802. The minimum absolute atomic E-state index is 0.159. The van der Waals surface area contributed by atoms with Gasteiger partial charge >= 0.3 is 12.1 Å². The summed E-state index contributed by atoms with van der Waals surface area (Å²) < 4.78 is 35.9. The van der Waals surface area contributed by atoms with Gasteiger partial charge in [0.15, 0.2) is 0 Å². The number of carbonyl (C=O) groups is 1. The van der Waals surface area contributed by atoms with Crippen LogP contribution in [0.3, 0.4) is 0 Å². The molecular weight excluding hydrogens is 209 g/mol. The molecule has 0 saturated heterocycles. The summed E-state index contributed by atoms with van der Waals surface area (Å²) in [6.07, 6.45) is -4.42. The summed E-state index contributed by atoms with van der Waals surface area (Å²) in [7, 11) is 0. The lowest BCUT2D eigenvalue weighted by Gasteiger charge is -2.05. The lowest BCUT2D eigenvalue weighted by Crippen LogP contribution is -2.05. The SMILES string of the molecule is CC.O=C(O)c1ccc(C(F)(F)F)cc1. The van der Waals surface area contributed by atoms with E-state index in [-0.39, 0.29) is 5.56 Å². The molecule has 0 bridgehead atoms. The van der Waals surface area contributed by atoms with Gasteiger partial charge in [-0.15, -0.1) is 0 Å². The van der Waals surface area contributed by atoms with Crippen LogP contribution in [-0.2, 0) is 6.18 Å². The Balaban J connectivity index is 0.000000921. The van der Waals surface area contributed by atoms with Gasteiger partial charge in [-0.25, -0.2) is 4.79 Å². The van der Waals surface area contributed by atoms with E-state index in [0.29, 0.717) is 0 Å². The van der Waals surface area contributed by atoms with Crippen molar-refractivity contribution < 1.29 is 23.1 Å². The van der Waals surface area contributed by atoms with E-state index in [9.17, 15) is 18.0 Å². The lowest BCUT2D eigenvalue weighted by atomic mass is 10.1. The first-order valence-electron chi connectivity index (χ1n) is 4.32. The molecule has 0 fully saturated rings. The third kappa shape index (κ3) is 4.01. The smallest absolute Gasteiger partial charge is 0.416 e. The zero-order valence-electron chi connectivity index (χ0n) is 8.30. The molecule has 1 aromatic rings. The van der Waals surface area contributed by atoms with Crippen molar-refractivity contribution in [3.63, 3.8) is 0 Å². The molecule has 1 rings (SSSR count). The van der Waals surface area contributed by atoms with Crippen LogP contribution in [0.5, 0.6) is 0 Å². The largest absolute Gasteiger partial charge is 0.478 e. The van der Waals surface area contributed by atoms with Gasteiger partial charge in [0.2, 0.25) is 0 Å². The van der Waals surface area contributed by atoms with E-state index in [1.807, 2.05) is 13.8 Å². The number of aromatic carboxylic acids is 1. The molecule has 0 aliphatic rings. The second-order valence-electron chi connectivity index (χ2n) is 2.38. The van der Waals surface area contributed by atoms with Gasteiger partial charge in [0.25, 0.3) is 0 Å². The van der Waals surface area contributed by atoms with Gasteiger partial charge in [-0.1, -0.05) is 13.8 Å². The molecule has 1 aromatic carbocycles. The second-order valence-corrected chi connectivity index (χ2v) is 2.38. The molecule has 0 aromatic heterocycles. The number of hydrogen-bond donors (Lipinski definition) is 1. The van der Waals surface area contributed by atoms with Crippen LogP contribution in [0.1, 0.15) is 29.8 Å². The summed E-state index contributed by atoms with van der Waals surface area (Å²) in [5, 5.41) is 8.40. The first-order chi connectivity index (χ1) is 6.91. The number of carboxylic acids is 1. The summed E-state index contributed by atoms with van der Waals surface area (Å²) in [6, 6.07) is 3.32. The predicted octanol–water partition coefficient (Wildman–Crippen LogP) is 3.43. The maximum atomic E-state index is 12.0. The first kappa shape index (κ1) is 13.5. The number of rotatable bonds is 1. The van der Waals surface area contributed by atoms with E-state index >= 15 is 0 Å². The highest BCUT2D eigenvalue weighted by Gasteiger charge is 2.30. The minimum Gasteiger partial charge on any atom is -0.478 e. The van der Waals surface area contributed by atoms with Crippen molar-refractivity contribution in [2.75, 3.05) is 0 Å². The van der Waals surface area contributed by atoms with Gasteiger partial charge in [-0.05, 0) is 24.3 Å². The number of halogens is 3. The third-order valence-electron chi connectivity index (χ3n) is 1.46. The van der Waals surface area contributed by atoms with Gasteiger partial charge in [-0.3, -0.25) is 0 Å². The van der Waals surface area contributed by atoms with Crippen LogP contribution in [0.2, 0.25) is 0 Å². The number of hydrogen-bond acceptors (Lipinski definition) is 1. The van der Waals surface area contributed by atoms with E-state index in [1.54, 1.807) is 0 Å². The predicted molar refractivity (Wildman–Crippen MR) is 49.8 cm³/mol. The molecule has 0 unspecified atom stereocenters. The highest BCUT2D eigenvalue weighted by Crippen LogP contribution is 2.28. The van der Waals surface area contributed by atoms with Gasteiger partial charge in [-0.2, -0.15) is 13.2 Å². The van der Waals surface area contributed by atoms with Crippen molar-refractivity contribution in [2.24, 2.45) is 0 Å². The average Bonchev–Trinajstić information content (AvgIpc) is 2.20. The molecule has 1 N–H and O–H groups in total. The van der Waals surface area contributed by atoms with Crippen LogP contribution < -0.4 is 0 Å². The maximum Gasteiger partial charge on any atom is 0.416 e. The van der Waals surface area contributed by atoms with E-state index < -0.39 is 17.7 Å². The molecule has 0 aliphatic heterocycles. The van der Waals surface area contributed by atoms with Crippen LogP contribution >= 0.6 is 0 Å². The van der Waals surface area contributed by atoms with Gasteiger partial charge in [0.05, 0.1) is 11.1 Å². The fourth-order valence-corrected chi connectivity index (χ4v) is 0.802. The Kier molecular flexibility index (Phi) is 4.84. The van der Waals surface area contributed by atoms with Gasteiger partial charge < -0.3 is 5.11 Å². The Hall–Kier alpha value is -1.52. The van der Waals surface area contributed by atoms with E-state index in [2.05, 4.69) is 0 Å². The molecule has 0 aliphatic carbocycles. The summed E-state index contributed by atoms with van der Waals surface area (Å²) in [4.78, 5) is 10.3. The molecule has 0 heterocycles. The topological polar surface area (TPSA) is 37.3 Å². The lowest BCUT2D eigenvalue weighted by molar-refractivity contribution is -0.137. The Labute approximate surface area is 85.3 Å². The third-order valence-corrected chi connectivity index (χ3v) is 1.46. The molecule has 15 heavy (non-hydrogen) atoms. The van der Waals surface area contributed by atoms with Crippen molar-refractivity contribution in [1.82, 2.24) is 0 Å². The Morgan fingerprint density at radius 3 is 1.80 bits per heavy atom. The maximum absolute atomic E-state index is 12.0. The molecule has 0 saturated carbocycles. The molecule has 0 atom stereocenters. The zero-order chi connectivity index (χ0) is 12.1. The Morgan fingerprint density at radius 2 is 1.53 bits per heavy atom. The molecule has 0 spiro atoms. The molecule has 0 amide bonds. The van der Waals surface area contributed by atoms with Crippen LogP contribution in [0, 0.1) is 0 Å². The van der Waals surface area contributed by atoms with Crippen LogP contribution in [-0.4, -0.2) is 11.1 Å².